The minimum atomic E-state index is -0.148. The van der Waals surface area contributed by atoms with Gasteiger partial charge in [-0.3, -0.25) is 4.90 Å². The minimum absolute atomic E-state index is 0.0459. The SMILES string of the molecule is CC(C)C1CCC(O)C(CN2CCOC(CO)C2)C1. The minimum Gasteiger partial charge on any atom is -0.394 e. The van der Waals surface area contributed by atoms with E-state index in [-0.39, 0.29) is 18.8 Å². The molecule has 1 aliphatic carbocycles. The topological polar surface area (TPSA) is 52.9 Å². The Hall–Kier alpha value is -0.160. The van der Waals surface area contributed by atoms with Crippen molar-refractivity contribution in [2.75, 3.05) is 32.8 Å². The predicted octanol–water partition coefficient (Wildman–Crippen LogP) is 1.11. The van der Waals surface area contributed by atoms with Crippen molar-refractivity contribution < 1.29 is 14.9 Å². The highest BCUT2D eigenvalue weighted by Gasteiger charge is 2.32. The Morgan fingerprint density at radius 1 is 1.32 bits per heavy atom. The summed E-state index contributed by atoms with van der Waals surface area (Å²) < 4.78 is 5.48. The molecule has 0 radical (unpaired) electrons. The fraction of sp³-hybridized carbons (Fsp3) is 1.00. The molecule has 1 aliphatic heterocycles. The Morgan fingerprint density at radius 3 is 2.79 bits per heavy atom. The molecule has 4 heteroatoms. The monoisotopic (exact) mass is 271 g/mol. The molecule has 1 saturated carbocycles. The number of aliphatic hydroxyl groups excluding tert-OH is 2. The largest absolute Gasteiger partial charge is 0.394 e. The highest BCUT2D eigenvalue weighted by atomic mass is 16.5. The van der Waals surface area contributed by atoms with Crippen LogP contribution in [-0.4, -0.2) is 60.2 Å². The van der Waals surface area contributed by atoms with E-state index in [0.29, 0.717) is 18.4 Å². The first-order valence-corrected chi connectivity index (χ1v) is 7.73. The summed E-state index contributed by atoms with van der Waals surface area (Å²) in [6.07, 6.45) is 3.06. The quantitative estimate of drug-likeness (QED) is 0.804. The number of morpholine rings is 1. The molecule has 0 bridgehead atoms. The van der Waals surface area contributed by atoms with Crippen molar-refractivity contribution in [1.29, 1.82) is 0 Å². The normalized spacial score (nSPS) is 37.7. The summed E-state index contributed by atoms with van der Waals surface area (Å²) in [5.74, 6) is 1.85. The Labute approximate surface area is 116 Å². The standard InChI is InChI=1S/C15H29NO3/c1-11(2)12-3-4-15(18)13(7-12)8-16-5-6-19-14(9-16)10-17/h11-15,17-18H,3-10H2,1-2H3. The summed E-state index contributed by atoms with van der Waals surface area (Å²) in [6.45, 7) is 8.04. The Bertz CT molecular complexity index is 272. The van der Waals surface area contributed by atoms with Crippen molar-refractivity contribution in [3.63, 3.8) is 0 Å². The van der Waals surface area contributed by atoms with Gasteiger partial charge in [0, 0.05) is 19.6 Å². The molecule has 0 spiro atoms. The number of hydrogen-bond acceptors (Lipinski definition) is 4. The van der Waals surface area contributed by atoms with Crippen LogP contribution in [0.15, 0.2) is 0 Å². The zero-order valence-electron chi connectivity index (χ0n) is 12.3. The van der Waals surface area contributed by atoms with E-state index in [1.165, 1.54) is 0 Å². The Kier molecular flexibility index (Phi) is 5.63. The molecule has 0 aromatic carbocycles. The van der Waals surface area contributed by atoms with Gasteiger partial charge in [-0.25, -0.2) is 0 Å². The van der Waals surface area contributed by atoms with Gasteiger partial charge in [0.05, 0.1) is 25.4 Å². The van der Waals surface area contributed by atoms with Gasteiger partial charge in [0.1, 0.15) is 0 Å². The molecule has 4 nitrogen and oxygen atoms in total. The fourth-order valence-corrected chi connectivity index (χ4v) is 3.47. The van der Waals surface area contributed by atoms with Gasteiger partial charge < -0.3 is 14.9 Å². The molecular weight excluding hydrogens is 242 g/mol. The molecule has 0 amide bonds. The van der Waals surface area contributed by atoms with Gasteiger partial charge in [0.25, 0.3) is 0 Å². The fourth-order valence-electron chi connectivity index (χ4n) is 3.47. The number of aliphatic hydroxyl groups is 2. The van der Waals surface area contributed by atoms with Crippen LogP contribution in [0.4, 0.5) is 0 Å². The second kappa shape index (κ2) is 7.02. The third-order valence-corrected chi connectivity index (χ3v) is 4.84. The van der Waals surface area contributed by atoms with Gasteiger partial charge >= 0.3 is 0 Å². The third kappa shape index (κ3) is 4.15. The molecule has 4 unspecified atom stereocenters. The Morgan fingerprint density at radius 2 is 2.11 bits per heavy atom. The highest BCUT2D eigenvalue weighted by molar-refractivity contribution is 4.84. The lowest BCUT2D eigenvalue weighted by Crippen LogP contribution is -2.48. The van der Waals surface area contributed by atoms with E-state index in [4.69, 9.17) is 4.74 Å². The van der Waals surface area contributed by atoms with E-state index in [0.717, 1.165) is 44.8 Å². The van der Waals surface area contributed by atoms with Gasteiger partial charge in [0.2, 0.25) is 0 Å². The first kappa shape index (κ1) is 15.2. The maximum atomic E-state index is 10.2. The van der Waals surface area contributed by atoms with Gasteiger partial charge in [-0.15, -0.1) is 0 Å². The molecule has 1 saturated heterocycles. The molecule has 112 valence electrons. The number of ether oxygens (including phenoxy) is 1. The average Bonchev–Trinajstić information content (AvgIpc) is 2.41. The van der Waals surface area contributed by atoms with Crippen molar-refractivity contribution in [3.05, 3.63) is 0 Å². The second-order valence-electron chi connectivity index (χ2n) is 6.58. The summed E-state index contributed by atoms with van der Waals surface area (Å²) in [4.78, 5) is 2.35. The van der Waals surface area contributed by atoms with Gasteiger partial charge in [0.15, 0.2) is 0 Å². The van der Waals surface area contributed by atoms with Crippen LogP contribution in [-0.2, 0) is 4.74 Å². The molecular formula is C15H29NO3. The summed E-state index contributed by atoms with van der Waals surface area (Å²) in [5, 5.41) is 19.4. The summed E-state index contributed by atoms with van der Waals surface area (Å²) in [6, 6.07) is 0. The van der Waals surface area contributed by atoms with Crippen molar-refractivity contribution in [3.8, 4) is 0 Å². The summed E-state index contributed by atoms with van der Waals surface area (Å²) in [5.41, 5.74) is 0. The number of nitrogens with zero attached hydrogens (tertiary/aromatic N) is 1. The zero-order valence-corrected chi connectivity index (χ0v) is 12.3. The van der Waals surface area contributed by atoms with Gasteiger partial charge in [-0.1, -0.05) is 13.8 Å². The van der Waals surface area contributed by atoms with Crippen LogP contribution < -0.4 is 0 Å². The van der Waals surface area contributed by atoms with E-state index >= 15 is 0 Å². The van der Waals surface area contributed by atoms with Crippen LogP contribution >= 0.6 is 0 Å². The summed E-state index contributed by atoms with van der Waals surface area (Å²) >= 11 is 0. The average molecular weight is 271 g/mol. The molecule has 1 heterocycles. The lowest BCUT2D eigenvalue weighted by Gasteiger charge is -2.40. The number of rotatable bonds is 4. The van der Waals surface area contributed by atoms with Crippen LogP contribution in [0.1, 0.15) is 33.1 Å². The van der Waals surface area contributed by atoms with Crippen molar-refractivity contribution in [2.45, 2.75) is 45.3 Å². The molecule has 0 aromatic rings. The van der Waals surface area contributed by atoms with Crippen LogP contribution in [0.5, 0.6) is 0 Å². The van der Waals surface area contributed by atoms with E-state index in [2.05, 4.69) is 18.7 Å². The third-order valence-electron chi connectivity index (χ3n) is 4.84. The van der Waals surface area contributed by atoms with Gasteiger partial charge in [-0.2, -0.15) is 0 Å². The molecule has 2 rings (SSSR count). The van der Waals surface area contributed by atoms with Crippen molar-refractivity contribution in [1.82, 2.24) is 4.90 Å². The van der Waals surface area contributed by atoms with Crippen LogP contribution in [0, 0.1) is 17.8 Å². The lowest BCUT2D eigenvalue weighted by molar-refractivity contribution is -0.0671. The van der Waals surface area contributed by atoms with E-state index < -0.39 is 0 Å². The maximum Gasteiger partial charge on any atom is 0.0932 e. The first-order valence-electron chi connectivity index (χ1n) is 7.73. The van der Waals surface area contributed by atoms with Gasteiger partial charge in [-0.05, 0) is 37.0 Å². The molecule has 2 aliphatic rings. The summed E-state index contributed by atoms with van der Waals surface area (Å²) in [7, 11) is 0. The molecule has 2 fully saturated rings. The molecule has 0 aromatic heterocycles. The van der Waals surface area contributed by atoms with E-state index in [1.807, 2.05) is 0 Å². The molecule has 2 N–H and O–H groups in total. The van der Waals surface area contributed by atoms with Crippen LogP contribution in [0.3, 0.4) is 0 Å². The van der Waals surface area contributed by atoms with Crippen molar-refractivity contribution in [2.24, 2.45) is 17.8 Å². The van der Waals surface area contributed by atoms with Crippen LogP contribution in [0.2, 0.25) is 0 Å². The molecule has 19 heavy (non-hydrogen) atoms. The smallest absolute Gasteiger partial charge is 0.0932 e. The first-order chi connectivity index (χ1) is 9.10. The predicted molar refractivity (Wildman–Crippen MR) is 74.9 cm³/mol. The number of hydrogen-bond donors (Lipinski definition) is 2. The van der Waals surface area contributed by atoms with E-state index in [1.54, 1.807) is 0 Å². The van der Waals surface area contributed by atoms with E-state index in [9.17, 15) is 10.2 Å². The van der Waals surface area contributed by atoms with Crippen molar-refractivity contribution >= 4 is 0 Å². The van der Waals surface area contributed by atoms with Crippen LogP contribution in [0.25, 0.3) is 0 Å². The highest BCUT2D eigenvalue weighted by Crippen LogP contribution is 2.34. The molecule has 4 atom stereocenters. The zero-order chi connectivity index (χ0) is 13.8. The Balaban J connectivity index is 1.85. The lowest BCUT2D eigenvalue weighted by atomic mass is 9.74. The maximum absolute atomic E-state index is 10.2. The second-order valence-corrected chi connectivity index (χ2v) is 6.58.